The number of hydrogen-bond donors (Lipinski definition) is 1. The lowest BCUT2D eigenvalue weighted by molar-refractivity contribution is 0.393. The molecule has 18 heavy (non-hydrogen) atoms. The van der Waals surface area contributed by atoms with E-state index in [2.05, 4.69) is 21.2 Å². The van der Waals surface area contributed by atoms with Crippen LogP contribution in [0.25, 0.3) is 22.2 Å². The molecule has 0 bridgehead atoms. The lowest BCUT2D eigenvalue weighted by Gasteiger charge is -2.03. The van der Waals surface area contributed by atoms with E-state index in [1.807, 2.05) is 26.8 Å². The van der Waals surface area contributed by atoms with Gasteiger partial charge < -0.3 is 9.51 Å². The highest BCUT2D eigenvalue weighted by molar-refractivity contribution is 6.29. The SMILES string of the molecule is Cc1noc(C)c1-c1cc(C)c2nc(Cl)[nH]c2c1. The molecule has 0 amide bonds. The number of aromatic nitrogens is 3. The monoisotopic (exact) mass is 261 g/mol. The number of nitrogens with one attached hydrogen (secondary N) is 1. The van der Waals surface area contributed by atoms with Gasteiger partial charge in [0.1, 0.15) is 5.76 Å². The fourth-order valence-electron chi connectivity index (χ4n) is 2.30. The van der Waals surface area contributed by atoms with Crippen molar-refractivity contribution < 1.29 is 4.52 Å². The fourth-order valence-corrected chi connectivity index (χ4v) is 2.49. The van der Waals surface area contributed by atoms with Crippen LogP contribution in [0.4, 0.5) is 0 Å². The Morgan fingerprint density at radius 2 is 2.00 bits per heavy atom. The first-order chi connectivity index (χ1) is 8.56. The molecular formula is C13H12ClN3O. The van der Waals surface area contributed by atoms with E-state index in [0.717, 1.165) is 39.2 Å². The van der Waals surface area contributed by atoms with Gasteiger partial charge in [0, 0.05) is 5.56 Å². The minimum atomic E-state index is 0.406. The number of fused-ring (bicyclic) bond motifs is 1. The van der Waals surface area contributed by atoms with Gasteiger partial charge in [0.05, 0.1) is 16.7 Å². The third kappa shape index (κ3) is 1.61. The molecule has 0 spiro atoms. The number of nitrogens with zero attached hydrogens (tertiary/aromatic N) is 2. The van der Waals surface area contributed by atoms with Crippen molar-refractivity contribution in [2.75, 3.05) is 0 Å². The minimum absolute atomic E-state index is 0.406. The van der Waals surface area contributed by atoms with Gasteiger partial charge in [-0.15, -0.1) is 0 Å². The third-order valence-corrected chi connectivity index (χ3v) is 3.25. The molecule has 0 saturated carbocycles. The Morgan fingerprint density at radius 3 is 2.67 bits per heavy atom. The number of rotatable bonds is 1. The zero-order chi connectivity index (χ0) is 12.9. The summed E-state index contributed by atoms with van der Waals surface area (Å²) in [6.45, 7) is 5.86. The first-order valence-corrected chi connectivity index (χ1v) is 6.03. The molecule has 1 aromatic carbocycles. The van der Waals surface area contributed by atoms with Crippen LogP contribution in [0.1, 0.15) is 17.0 Å². The first-order valence-electron chi connectivity index (χ1n) is 5.65. The van der Waals surface area contributed by atoms with Gasteiger partial charge in [0.2, 0.25) is 5.28 Å². The van der Waals surface area contributed by atoms with Crippen molar-refractivity contribution in [1.82, 2.24) is 15.1 Å². The van der Waals surface area contributed by atoms with Gasteiger partial charge in [0.25, 0.3) is 0 Å². The summed E-state index contributed by atoms with van der Waals surface area (Å²) in [5.41, 5.74) is 5.88. The zero-order valence-electron chi connectivity index (χ0n) is 10.3. The summed E-state index contributed by atoms with van der Waals surface area (Å²) >= 11 is 5.90. The maximum Gasteiger partial charge on any atom is 0.201 e. The Hall–Kier alpha value is -1.81. The predicted octanol–water partition coefficient (Wildman–Crippen LogP) is 3.80. The average molecular weight is 262 g/mol. The molecule has 4 nitrogen and oxygen atoms in total. The van der Waals surface area contributed by atoms with E-state index in [1.54, 1.807) is 0 Å². The van der Waals surface area contributed by atoms with Crippen molar-refractivity contribution in [2.45, 2.75) is 20.8 Å². The summed E-state index contributed by atoms with van der Waals surface area (Å²) in [7, 11) is 0. The van der Waals surface area contributed by atoms with E-state index in [-0.39, 0.29) is 0 Å². The molecule has 1 N–H and O–H groups in total. The molecule has 5 heteroatoms. The second-order valence-corrected chi connectivity index (χ2v) is 4.77. The quantitative estimate of drug-likeness (QED) is 0.725. The molecule has 0 fully saturated rings. The summed E-state index contributed by atoms with van der Waals surface area (Å²) in [6.07, 6.45) is 0. The highest BCUT2D eigenvalue weighted by Crippen LogP contribution is 2.31. The van der Waals surface area contributed by atoms with Gasteiger partial charge in [-0.2, -0.15) is 0 Å². The number of hydrogen-bond acceptors (Lipinski definition) is 3. The van der Waals surface area contributed by atoms with E-state index in [4.69, 9.17) is 16.1 Å². The summed E-state index contributed by atoms with van der Waals surface area (Å²) in [5, 5.41) is 4.39. The van der Waals surface area contributed by atoms with Gasteiger partial charge in [-0.25, -0.2) is 4.98 Å². The zero-order valence-corrected chi connectivity index (χ0v) is 11.1. The number of benzene rings is 1. The molecule has 0 aliphatic rings. The molecular weight excluding hydrogens is 250 g/mol. The van der Waals surface area contributed by atoms with Crippen LogP contribution in [0, 0.1) is 20.8 Å². The molecule has 2 heterocycles. The summed E-state index contributed by atoms with van der Waals surface area (Å²) in [4.78, 5) is 7.29. The molecule has 0 unspecified atom stereocenters. The molecule has 0 saturated heterocycles. The van der Waals surface area contributed by atoms with E-state index in [9.17, 15) is 0 Å². The van der Waals surface area contributed by atoms with Crippen LogP contribution >= 0.6 is 11.6 Å². The van der Waals surface area contributed by atoms with Gasteiger partial charge in [-0.05, 0) is 55.6 Å². The van der Waals surface area contributed by atoms with E-state index in [0.29, 0.717) is 5.28 Å². The Morgan fingerprint density at radius 1 is 1.22 bits per heavy atom. The Balaban J connectivity index is 2.30. The molecule has 0 aliphatic carbocycles. The lowest BCUT2D eigenvalue weighted by Crippen LogP contribution is -1.85. The van der Waals surface area contributed by atoms with Crippen LogP contribution in [0.15, 0.2) is 16.7 Å². The maximum atomic E-state index is 5.90. The van der Waals surface area contributed by atoms with Gasteiger partial charge in [0.15, 0.2) is 0 Å². The smallest absolute Gasteiger partial charge is 0.201 e. The normalized spacial score (nSPS) is 11.3. The van der Waals surface area contributed by atoms with E-state index >= 15 is 0 Å². The van der Waals surface area contributed by atoms with Crippen LogP contribution in [0.2, 0.25) is 5.28 Å². The summed E-state index contributed by atoms with van der Waals surface area (Å²) < 4.78 is 5.20. The van der Waals surface area contributed by atoms with Crippen molar-refractivity contribution in [1.29, 1.82) is 0 Å². The van der Waals surface area contributed by atoms with E-state index < -0.39 is 0 Å². The second-order valence-electron chi connectivity index (χ2n) is 4.42. The van der Waals surface area contributed by atoms with E-state index in [1.165, 1.54) is 0 Å². The number of H-pyrrole nitrogens is 1. The molecule has 2 aromatic heterocycles. The standard InChI is InChI=1S/C13H12ClN3O/c1-6-4-9(11-7(2)17-18-8(11)3)5-10-12(6)16-13(14)15-10/h4-5H,1-3H3,(H,15,16). The fraction of sp³-hybridized carbons (Fsp3) is 0.231. The molecule has 0 atom stereocenters. The average Bonchev–Trinajstić information content (AvgIpc) is 2.82. The Bertz CT molecular complexity index is 723. The van der Waals surface area contributed by atoms with Crippen LogP contribution in [0.5, 0.6) is 0 Å². The number of halogens is 1. The lowest BCUT2D eigenvalue weighted by atomic mass is 10.0. The van der Waals surface area contributed by atoms with Crippen LogP contribution < -0.4 is 0 Å². The molecule has 0 aliphatic heterocycles. The molecule has 3 aromatic rings. The number of aryl methyl sites for hydroxylation is 3. The van der Waals surface area contributed by atoms with Gasteiger partial charge in [-0.1, -0.05) is 5.16 Å². The number of imidazole rings is 1. The van der Waals surface area contributed by atoms with Gasteiger partial charge >= 0.3 is 0 Å². The second kappa shape index (κ2) is 3.85. The van der Waals surface area contributed by atoms with Crippen LogP contribution in [0.3, 0.4) is 0 Å². The van der Waals surface area contributed by atoms with Crippen molar-refractivity contribution >= 4 is 22.6 Å². The van der Waals surface area contributed by atoms with Crippen molar-refractivity contribution in [3.63, 3.8) is 0 Å². The first kappa shape index (κ1) is 11.3. The van der Waals surface area contributed by atoms with Crippen LogP contribution in [-0.2, 0) is 0 Å². The Kier molecular flexibility index (Phi) is 2.41. The summed E-state index contributed by atoms with van der Waals surface area (Å²) in [6, 6.07) is 4.10. The highest BCUT2D eigenvalue weighted by atomic mass is 35.5. The van der Waals surface area contributed by atoms with Crippen molar-refractivity contribution in [3.8, 4) is 11.1 Å². The maximum absolute atomic E-state index is 5.90. The van der Waals surface area contributed by atoms with Gasteiger partial charge in [-0.3, -0.25) is 0 Å². The largest absolute Gasteiger partial charge is 0.361 e. The molecule has 0 radical (unpaired) electrons. The highest BCUT2D eigenvalue weighted by Gasteiger charge is 2.14. The summed E-state index contributed by atoms with van der Waals surface area (Å²) in [5.74, 6) is 0.817. The Labute approximate surface area is 109 Å². The van der Waals surface area contributed by atoms with Crippen molar-refractivity contribution in [3.05, 3.63) is 34.4 Å². The third-order valence-electron chi connectivity index (χ3n) is 3.07. The molecule has 92 valence electrons. The van der Waals surface area contributed by atoms with Crippen LogP contribution in [-0.4, -0.2) is 15.1 Å². The minimum Gasteiger partial charge on any atom is -0.361 e. The molecule has 3 rings (SSSR count). The number of aromatic amines is 1. The van der Waals surface area contributed by atoms with Crippen molar-refractivity contribution in [2.24, 2.45) is 0 Å². The predicted molar refractivity (Wildman–Crippen MR) is 70.8 cm³/mol. The topological polar surface area (TPSA) is 54.7 Å².